The average Bonchev–Trinajstić information content (AvgIpc) is 2.87. The monoisotopic (exact) mass is 325 g/mol. The molecule has 4 nitrogen and oxygen atoms in total. The van der Waals surface area contributed by atoms with Crippen LogP contribution in [0.15, 0.2) is 24.3 Å². The number of benzene rings is 1. The van der Waals surface area contributed by atoms with Gasteiger partial charge in [-0.1, -0.05) is 39.5 Å². The smallest absolute Gasteiger partial charge is 0.269 e. The second-order valence-electron chi connectivity index (χ2n) is 3.69. The highest BCUT2D eigenvalue weighted by molar-refractivity contribution is 9.08. The van der Waals surface area contributed by atoms with Crippen molar-refractivity contribution >= 4 is 39.1 Å². The van der Waals surface area contributed by atoms with Crippen molar-refractivity contribution in [3.63, 3.8) is 0 Å². The van der Waals surface area contributed by atoms with Gasteiger partial charge < -0.3 is 5.32 Å². The van der Waals surface area contributed by atoms with E-state index in [4.69, 9.17) is 0 Å². The zero-order valence-corrected chi connectivity index (χ0v) is 12.2. The standard InChI is InChI=1S/C12H12BrN3OS/c1-2-10-11(18-16-15-10)12(17)14-9-5-3-4-8(6-9)7-13/h3-6H,2,7H2,1H3,(H,14,17). The van der Waals surface area contributed by atoms with Gasteiger partial charge in [0, 0.05) is 11.0 Å². The number of aryl methyl sites for hydroxylation is 1. The van der Waals surface area contributed by atoms with Gasteiger partial charge in [-0.2, -0.15) is 0 Å². The van der Waals surface area contributed by atoms with E-state index in [1.807, 2.05) is 31.2 Å². The van der Waals surface area contributed by atoms with Crippen molar-refractivity contribution < 1.29 is 4.79 Å². The number of alkyl halides is 1. The number of amides is 1. The van der Waals surface area contributed by atoms with E-state index >= 15 is 0 Å². The van der Waals surface area contributed by atoms with E-state index < -0.39 is 0 Å². The van der Waals surface area contributed by atoms with Crippen molar-refractivity contribution in [3.8, 4) is 0 Å². The lowest BCUT2D eigenvalue weighted by Gasteiger charge is -2.05. The van der Waals surface area contributed by atoms with E-state index in [0.29, 0.717) is 11.3 Å². The zero-order chi connectivity index (χ0) is 13.0. The van der Waals surface area contributed by atoms with Crippen LogP contribution in [0.1, 0.15) is 27.9 Å². The number of anilines is 1. The van der Waals surface area contributed by atoms with Gasteiger partial charge in [-0.05, 0) is 35.6 Å². The Morgan fingerprint density at radius 3 is 3.06 bits per heavy atom. The van der Waals surface area contributed by atoms with E-state index in [1.165, 1.54) is 0 Å². The summed E-state index contributed by atoms with van der Waals surface area (Å²) in [6.07, 6.45) is 0.709. The SMILES string of the molecule is CCc1nnsc1C(=O)Nc1cccc(CBr)c1. The molecule has 0 unspecified atom stereocenters. The molecule has 1 aromatic heterocycles. The molecule has 0 saturated carbocycles. The van der Waals surface area contributed by atoms with Crippen LogP contribution >= 0.6 is 27.5 Å². The molecule has 6 heteroatoms. The molecule has 94 valence electrons. The second-order valence-corrected chi connectivity index (χ2v) is 5.01. The van der Waals surface area contributed by atoms with Crippen LogP contribution in [0.25, 0.3) is 0 Å². The highest BCUT2D eigenvalue weighted by Crippen LogP contribution is 2.17. The lowest BCUT2D eigenvalue weighted by atomic mass is 10.2. The zero-order valence-electron chi connectivity index (χ0n) is 9.81. The first kappa shape index (κ1) is 13.2. The summed E-state index contributed by atoms with van der Waals surface area (Å²) in [5.74, 6) is -0.145. The molecule has 0 aliphatic heterocycles. The highest BCUT2D eigenvalue weighted by atomic mass is 79.9. The van der Waals surface area contributed by atoms with E-state index in [-0.39, 0.29) is 5.91 Å². The number of carbonyl (C=O) groups is 1. The van der Waals surface area contributed by atoms with Crippen molar-refractivity contribution in [1.29, 1.82) is 0 Å². The van der Waals surface area contributed by atoms with E-state index in [2.05, 4.69) is 30.8 Å². The fourth-order valence-corrected chi connectivity index (χ4v) is 2.53. The summed E-state index contributed by atoms with van der Waals surface area (Å²) in [6, 6.07) is 7.71. The molecule has 0 atom stereocenters. The lowest BCUT2D eigenvalue weighted by Crippen LogP contribution is -2.12. The van der Waals surface area contributed by atoms with Crippen LogP contribution in [0.4, 0.5) is 5.69 Å². The van der Waals surface area contributed by atoms with Gasteiger partial charge in [-0.15, -0.1) is 5.10 Å². The molecule has 2 aromatic rings. The van der Waals surface area contributed by atoms with Crippen LogP contribution in [0.3, 0.4) is 0 Å². The molecular formula is C12H12BrN3OS. The van der Waals surface area contributed by atoms with Crippen LogP contribution in [-0.4, -0.2) is 15.5 Å². The predicted octanol–water partition coefficient (Wildman–Crippen LogP) is 3.25. The largest absolute Gasteiger partial charge is 0.321 e. The number of halogens is 1. The predicted molar refractivity (Wildman–Crippen MR) is 76.3 cm³/mol. The highest BCUT2D eigenvalue weighted by Gasteiger charge is 2.14. The number of rotatable bonds is 4. The summed E-state index contributed by atoms with van der Waals surface area (Å²) in [7, 11) is 0. The van der Waals surface area contributed by atoms with Crippen LogP contribution in [-0.2, 0) is 11.8 Å². The number of hydrogen-bond acceptors (Lipinski definition) is 4. The minimum Gasteiger partial charge on any atom is -0.321 e. The van der Waals surface area contributed by atoms with Gasteiger partial charge in [-0.3, -0.25) is 4.79 Å². The van der Waals surface area contributed by atoms with Gasteiger partial charge in [-0.25, -0.2) is 0 Å². The van der Waals surface area contributed by atoms with Gasteiger partial charge in [0.05, 0.1) is 5.69 Å². The maximum atomic E-state index is 12.1. The summed E-state index contributed by atoms with van der Waals surface area (Å²) >= 11 is 4.52. The van der Waals surface area contributed by atoms with Gasteiger partial charge in [0.15, 0.2) is 0 Å². The fraction of sp³-hybridized carbons (Fsp3) is 0.250. The Morgan fingerprint density at radius 2 is 2.33 bits per heavy atom. The lowest BCUT2D eigenvalue weighted by molar-refractivity contribution is 0.102. The Morgan fingerprint density at radius 1 is 1.50 bits per heavy atom. The molecule has 0 saturated heterocycles. The minimum atomic E-state index is -0.145. The number of carbonyl (C=O) groups excluding carboxylic acids is 1. The van der Waals surface area contributed by atoms with Crippen LogP contribution in [0.5, 0.6) is 0 Å². The van der Waals surface area contributed by atoms with Crippen molar-refractivity contribution in [1.82, 2.24) is 9.59 Å². The Labute approximate surface area is 118 Å². The van der Waals surface area contributed by atoms with E-state index in [9.17, 15) is 4.79 Å². The Balaban J connectivity index is 2.16. The first-order valence-corrected chi connectivity index (χ1v) is 7.41. The molecule has 0 radical (unpaired) electrons. The number of hydrogen-bond donors (Lipinski definition) is 1. The van der Waals surface area contributed by atoms with Crippen LogP contribution < -0.4 is 5.32 Å². The first-order valence-electron chi connectivity index (χ1n) is 5.52. The van der Waals surface area contributed by atoms with E-state index in [1.54, 1.807) is 0 Å². The molecule has 1 heterocycles. The summed E-state index contributed by atoms with van der Waals surface area (Å²) in [4.78, 5) is 12.6. The quantitative estimate of drug-likeness (QED) is 0.878. The third-order valence-corrected chi connectivity index (χ3v) is 3.85. The maximum Gasteiger partial charge on any atom is 0.269 e. The molecule has 0 aliphatic rings. The van der Waals surface area contributed by atoms with E-state index in [0.717, 1.165) is 33.8 Å². The van der Waals surface area contributed by atoms with Crippen LogP contribution in [0.2, 0.25) is 0 Å². The van der Waals surface area contributed by atoms with Gasteiger partial charge in [0.25, 0.3) is 5.91 Å². The Bertz CT molecular complexity index is 556. The normalized spacial score (nSPS) is 10.3. The van der Waals surface area contributed by atoms with Crippen molar-refractivity contribution in [2.24, 2.45) is 0 Å². The number of nitrogens with zero attached hydrogens (tertiary/aromatic N) is 2. The van der Waals surface area contributed by atoms with Gasteiger partial charge >= 0.3 is 0 Å². The third kappa shape index (κ3) is 2.94. The number of aromatic nitrogens is 2. The molecule has 2 rings (SSSR count). The first-order chi connectivity index (χ1) is 8.74. The fourth-order valence-electron chi connectivity index (χ4n) is 1.53. The second kappa shape index (κ2) is 6.06. The molecule has 1 N–H and O–H groups in total. The maximum absolute atomic E-state index is 12.1. The average molecular weight is 326 g/mol. The van der Waals surface area contributed by atoms with Crippen LogP contribution in [0, 0.1) is 0 Å². The molecule has 1 amide bonds. The summed E-state index contributed by atoms with van der Waals surface area (Å²) < 4.78 is 3.81. The third-order valence-electron chi connectivity index (χ3n) is 2.44. The topological polar surface area (TPSA) is 54.9 Å². The van der Waals surface area contributed by atoms with Crippen molar-refractivity contribution in [3.05, 3.63) is 40.4 Å². The van der Waals surface area contributed by atoms with Crippen molar-refractivity contribution in [2.45, 2.75) is 18.7 Å². The van der Waals surface area contributed by atoms with Gasteiger partial charge in [0.2, 0.25) is 0 Å². The molecule has 18 heavy (non-hydrogen) atoms. The van der Waals surface area contributed by atoms with Gasteiger partial charge in [0.1, 0.15) is 4.88 Å². The minimum absolute atomic E-state index is 0.145. The molecule has 1 aromatic carbocycles. The Hall–Kier alpha value is -1.27. The summed E-state index contributed by atoms with van der Waals surface area (Å²) in [5.41, 5.74) is 2.65. The van der Waals surface area contributed by atoms with Crippen molar-refractivity contribution in [2.75, 3.05) is 5.32 Å². The molecule has 0 bridgehead atoms. The summed E-state index contributed by atoms with van der Waals surface area (Å²) in [5, 5.41) is 7.56. The summed E-state index contributed by atoms with van der Waals surface area (Å²) in [6.45, 7) is 1.96. The molecular weight excluding hydrogens is 314 g/mol. The Kier molecular flexibility index (Phi) is 4.43. The molecule has 0 spiro atoms. The number of nitrogens with one attached hydrogen (secondary N) is 1. The molecule has 0 aliphatic carbocycles. The molecule has 0 fully saturated rings.